The van der Waals surface area contributed by atoms with Crippen LogP contribution in [0.3, 0.4) is 0 Å². The topological polar surface area (TPSA) is 63.2 Å². The maximum absolute atomic E-state index is 9.53. The van der Waals surface area contributed by atoms with E-state index in [1.165, 1.54) is 19.3 Å². The van der Waals surface area contributed by atoms with E-state index in [4.69, 9.17) is 4.74 Å². The maximum Gasteiger partial charge on any atom is 0.214 e. The number of imidazole rings is 1. The molecule has 2 aromatic heterocycles. The predicted molar refractivity (Wildman–Crippen MR) is 84.2 cm³/mol. The van der Waals surface area contributed by atoms with Gasteiger partial charge in [0.25, 0.3) is 0 Å². The van der Waals surface area contributed by atoms with E-state index in [-0.39, 0.29) is 0 Å². The summed E-state index contributed by atoms with van der Waals surface area (Å²) >= 11 is 1.59. The largest absolute Gasteiger partial charge is 0.497 e. The molecule has 1 saturated carbocycles. The Labute approximate surface area is 131 Å². The molecule has 0 aliphatic heterocycles. The normalized spacial score (nSPS) is 14.7. The zero-order valence-corrected chi connectivity index (χ0v) is 12.9. The highest BCUT2D eigenvalue weighted by molar-refractivity contribution is 7.16. The second-order valence-electron chi connectivity index (χ2n) is 5.42. The minimum atomic E-state index is 0.491. The molecule has 0 bridgehead atoms. The van der Waals surface area contributed by atoms with E-state index in [2.05, 4.69) is 16.2 Å². The van der Waals surface area contributed by atoms with Crippen LogP contribution in [0.2, 0.25) is 0 Å². The van der Waals surface area contributed by atoms with Crippen LogP contribution in [-0.2, 0) is 0 Å². The van der Waals surface area contributed by atoms with Gasteiger partial charge in [-0.1, -0.05) is 29.9 Å². The minimum absolute atomic E-state index is 0.491. The third-order valence-electron chi connectivity index (χ3n) is 4.12. The van der Waals surface area contributed by atoms with Gasteiger partial charge in [0.1, 0.15) is 22.5 Å². The Morgan fingerprint density at radius 3 is 2.95 bits per heavy atom. The van der Waals surface area contributed by atoms with Crippen molar-refractivity contribution in [2.45, 2.75) is 25.2 Å². The highest BCUT2D eigenvalue weighted by Gasteiger charge is 2.26. The van der Waals surface area contributed by atoms with Crippen molar-refractivity contribution in [1.82, 2.24) is 14.6 Å². The van der Waals surface area contributed by atoms with Crippen LogP contribution >= 0.6 is 11.3 Å². The Hall–Kier alpha value is -2.39. The van der Waals surface area contributed by atoms with Gasteiger partial charge >= 0.3 is 0 Å². The first-order valence-corrected chi connectivity index (χ1v) is 8.06. The summed E-state index contributed by atoms with van der Waals surface area (Å²) in [5, 5.41) is 15.2. The molecular formula is C16H14N4OS. The molecule has 0 atom stereocenters. The van der Waals surface area contributed by atoms with Crippen molar-refractivity contribution in [3.05, 3.63) is 35.0 Å². The Balaban J connectivity index is 1.84. The number of nitrogens with zero attached hydrogens (tertiary/aromatic N) is 4. The zero-order valence-electron chi connectivity index (χ0n) is 12.1. The molecule has 0 unspecified atom stereocenters. The first-order chi connectivity index (χ1) is 10.8. The highest BCUT2D eigenvalue weighted by atomic mass is 32.1. The lowest BCUT2D eigenvalue weighted by Gasteiger charge is -2.21. The van der Waals surface area contributed by atoms with Gasteiger partial charge in [-0.2, -0.15) is 14.9 Å². The second kappa shape index (κ2) is 5.11. The third kappa shape index (κ3) is 1.97. The summed E-state index contributed by atoms with van der Waals surface area (Å²) < 4.78 is 6.94. The predicted octanol–water partition coefficient (Wildman–Crippen LogP) is 3.61. The average molecular weight is 310 g/mol. The molecule has 1 fully saturated rings. The summed E-state index contributed by atoms with van der Waals surface area (Å²) in [6.45, 7) is 0. The molecule has 1 aliphatic rings. The van der Waals surface area contributed by atoms with Crippen molar-refractivity contribution in [3.63, 3.8) is 0 Å². The number of fused-ring (bicyclic) bond motifs is 1. The van der Waals surface area contributed by atoms with E-state index < -0.39 is 0 Å². The van der Waals surface area contributed by atoms with Gasteiger partial charge in [-0.05, 0) is 25.0 Å². The average Bonchev–Trinajstić information content (AvgIpc) is 3.02. The standard InChI is InChI=1S/C16H14N4OS/c1-21-12-7-3-6-11(8-12)14-13(9-17)20-16(18-14)22-15(19-20)10-4-2-5-10/h3,6-8,10H,2,4-5H2,1H3. The Bertz CT molecular complexity index is 885. The van der Waals surface area contributed by atoms with E-state index in [1.54, 1.807) is 23.0 Å². The quantitative estimate of drug-likeness (QED) is 0.741. The summed E-state index contributed by atoms with van der Waals surface area (Å²) in [7, 11) is 1.63. The molecule has 3 aromatic rings. The van der Waals surface area contributed by atoms with Gasteiger partial charge in [-0.25, -0.2) is 4.98 Å². The number of hydrogen-bond donors (Lipinski definition) is 0. The number of nitriles is 1. The smallest absolute Gasteiger partial charge is 0.214 e. The molecule has 0 radical (unpaired) electrons. The molecule has 1 aromatic carbocycles. The lowest BCUT2D eigenvalue weighted by molar-refractivity contribution is 0.415. The summed E-state index contributed by atoms with van der Waals surface area (Å²) in [6.07, 6.45) is 3.66. The van der Waals surface area contributed by atoms with Gasteiger partial charge in [0.2, 0.25) is 4.96 Å². The van der Waals surface area contributed by atoms with Gasteiger partial charge in [-0.15, -0.1) is 0 Å². The summed E-state index contributed by atoms with van der Waals surface area (Å²) in [6, 6.07) is 9.84. The molecule has 4 rings (SSSR count). The maximum atomic E-state index is 9.53. The zero-order chi connectivity index (χ0) is 15.1. The van der Waals surface area contributed by atoms with E-state index in [0.29, 0.717) is 17.3 Å². The first kappa shape index (κ1) is 13.3. The number of ether oxygens (including phenoxy) is 1. The van der Waals surface area contributed by atoms with Gasteiger partial charge in [-0.3, -0.25) is 0 Å². The first-order valence-electron chi connectivity index (χ1n) is 7.24. The minimum Gasteiger partial charge on any atom is -0.497 e. The summed E-state index contributed by atoms with van der Waals surface area (Å²) in [5.74, 6) is 1.30. The van der Waals surface area contributed by atoms with Crippen molar-refractivity contribution in [2.75, 3.05) is 7.11 Å². The molecule has 5 nitrogen and oxygen atoms in total. The number of rotatable bonds is 3. The molecule has 110 valence electrons. The molecular weight excluding hydrogens is 296 g/mol. The Morgan fingerprint density at radius 2 is 2.27 bits per heavy atom. The van der Waals surface area contributed by atoms with E-state index >= 15 is 0 Å². The molecule has 1 aliphatic carbocycles. The van der Waals surface area contributed by atoms with Gasteiger partial charge in [0.05, 0.1) is 7.11 Å². The molecule has 6 heteroatoms. The molecule has 2 heterocycles. The number of hydrogen-bond acceptors (Lipinski definition) is 5. The Morgan fingerprint density at radius 1 is 1.41 bits per heavy atom. The lowest BCUT2D eigenvalue weighted by Crippen LogP contribution is -2.08. The third-order valence-corrected chi connectivity index (χ3v) is 5.19. The number of benzene rings is 1. The van der Waals surface area contributed by atoms with Crippen molar-refractivity contribution < 1.29 is 4.74 Å². The monoisotopic (exact) mass is 310 g/mol. The fourth-order valence-electron chi connectivity index (χ4n) is 2.66. The van der Waals surface area contributed by atoms with Crippen molar-refractivity contribution in [3.8, 4) is 23.1 Å². The van der Waals surface area contributed by atoms with Crippen LogP contribution in [-0.4, -0.2) is 21.7 Å². The molecule has 0 saturated heterocycles. The lowest BCUT2D eigenvalue weighted by atomic mass is 9.86. The SMILES string of the molecule is COc1cccc(-c2nc3sc(C4CCC4)nn3c2C#N)c1. The fourth-order valence-corrected chi connectivity index (χ4v) is 3.72. The van der Waals surface area contributed by atoms with E-state index in [9.17, 15) is 5.26 Å². The van der Waals surface area contributed by atoms with Crippen molar-refractivity contribution in [1.29, 1.82) is 5.26 Å². The molecule has 0 N–H and O–H groups in total. The van der Waals surface area contributed by atoms with E-state index in [1.807, 2.05) is 24.3 Å². The second-order valence-corrected chi connectivity index (χ2v) is 6.40. The van der Waals surface area contributed by atoms with E-state index in [0.717, 1.165) is 21.3 Å². The summed E-state index contributed by atoms with van der Waals surface area (Å²) in [4.78, 5) is 5.42. The van der Waals surface area contributed by atoms with Crippen LogP contribution in [0.15, 0.2) is 24.3 Å². The van der Waals surface area contributed by atoms with Crippen LogP contribution < -0.4 is 4.74 Å². The van der Waals surface area contributed by atoms with Crippen LogP contribution in [0.1, 0.15) is 35.9 Å². The fraction of sp³-hybridized carbons (Fsp3) is 0.312. The van der Waals surface area contributed by atoms with Crippen LogP contribution in [0.5, 0.6) is 5.75 Å². The summed E-state index contributed by atoms with van der Waals surface area (Å²) in [5.41, 5.74) is 2.03. The van der Waals surface area contributed by atoms with Gasteiger partial charge in [0, 0.05) is 11.5 Å². The van der Waals surface area contributed by atoms with Crippen LogP contribution in [0.4, 0.5) is 0 Å². The molecule has 0 spiro atoms. The Kier molecular flexibility index (Phi) is 3.09. The number of methoxy groups -OCH3 is 1. The van der Waals surface area contributed by atoms with Crippen LogP contribution in [0, 0.1) is 11.3 Å². The highest BCUT2D eigenvalue weighted by Crippen LogP contribution is 2.39. The molecule has 22 heavy (non-hydrogen) atoms. The van der Waals surface area contributed by atoms with Crippen molar-refractivity contribution >= 4 is 16.3 Å². The van der Waals surface area contributed by atoms with Crippen molar-refractivity contribution in [2.24, 2.45) is 0 Å². The van der Waals surface area contributed by atoms with Gasteiger partial charge < -0.3 is 4.74 Å². The molecule has 0 amide bonds. The van der Waals surface area contributed by atoms with Gasteiger partial charge in [0.15, 0.2) is 5.69 Å². The number of aromatic nitrogens is 3. The van der Waals surface area contributed by atoms with Crippen LogP contribution in [0.25, 0.3) is 16.2 Å².